The van der Waals surface area contributed by atoms with Gasteiger partial charge in [0.1, 0.15) is 0 Å². The Morgan fingerprint density at radius 1 is 1.12 bits per heavy atom. The Labute approximate surface area is 147 Å². The highest BCUT2D eigenvalue weighted by Crippen LogP contribution is 2.32. The third kappa shape index (κ3) is 3.83. The van der Waals surface area contributed by atoms with Crippen molar-refractivity contribution < 1.29 is 18.3 Å². The fraction of sp³-hybridized carbons (Fsp3) is 0.235. The molecule has 2 N–H and O–H groups in total. The van der Waals surface area contributed by atoms with Gasteiger partial charge >= 0.3 is 6.18 Å². The van der Waals surface area contributed by atoms with Crippen molar-refractivity contribution in [2.24, 2.45) is 0 Å². The maximum Gasteiger partial charge on any atom is 0.416 e. The van der Waals surface area contributed by atoms with Crippen molar-refractivity contribution in [1.82, 2.24) is 20.2 Å². The van der Waals surface area contributed by atoms with Gasteiger partial charge in [0.15, 0.2) is 0 Å². The number of hydrogen-bond donors (Lipinski definition) is 2. The number of hydrogen-bond acceptors (Lipinski definition) is 5. The summed E-state index contributed by atoms with van der Waals surface area (Å²) in [7, 11) is 0. The zero-order chi connectivity index (χ0) is 18.7. The second kappa shape index (κ2) is 7.12. The molecule has 1 unspecified atom stereocenters. The Hall–Kier alpha value is -2.94. The topological polar surface area (TPSA) is 75.9 Å². The number of halogens is 3. The molecule has 0 fully saturated rings. The molecule has 0 saturated carbocycles. The molecule has 0 aliphatic heterocycles. The lowest BCUT2D eigenvalue weighted by atomic mass is 10.1. The van der Waals surface area contributed by atoms with Crippen LogP contribution in [0.3, 0.4) is 0 Å². The number of alkyl halides is 3. The Kier molecular flexibility index (Phi) is 4.90. The zero-order valence-corrected chi connectivity index (χ0v) is 13.8. The van der Waals surface area contributed by atoms with Crippen molar-refractivity contribution in [2.75, 3.05) is 11.9 Å². The van der Waals surface area contributed by atoms with Crippen LogP contribution in [0.15, 0.2) is 48.5 Å². The van der Waals surface area contributed by atoms with Crippen LogP contribution in [0, 0.1) is 0 Å². The number of nitrogens with one attached hydrogen (secondary N) is 1. The third-order valence-electron chi connectivity index (χ3n) is 3.75. The van der Waals surface area contributed by atoms with Crippen LogP contribution >= 0.6 is 0 Å². The Bertz CT molecular complexity index is 877. The van der Waals surface area contributed by atoms with E-state index in [0.29, 0.717) is 22.8 Å². The summed E-state index contributed by atoms with van der Waals surface area (Å²) >= 11 is 0. The van der Waals surface area contributed by atoms with Gasteiger partial charge in [-0.2, -0.15) is 18.0 Å². The fourth-order valence-electron chi connectivity index (χ4n) is 2.28. The van der Waals surface area contributed by atoms with Crippen LogP contribution in [-0.4, -0.2) is 31.9 Å². The van der Waals surface area contributed by atoms with E-state index < -0.39 is 11.7 Å². The molecule has 1 atom stereocenters. The van der Waals surface area contributed by atoms with Gasteiger partial charge in [0, 0.05) is 16.9 Å². The molecule has 0 spiro atoms. The van der Waals surface area contributed by atoms with Gasteiger partial charge in [0.05, 0.1) is 18.2 Å². The van der Waals surface area contributed by atoms with Crippen molar-refractivity contribution in [3.05, 3.63) is 54.1 Å². The quantitative estimate of drug-likeness (QED) is 0.724. The second-order valence-electron chi connectivity index (χ2n) is 5.71. The zero-order valence-electron chi connectivity index (χ0n) is 13.8. The standard InChI is InChI=1S/C17H16F3N5O/c1-11(10-26)25-23-16(22-24-25)14-4-2-3-5-15(14)21-13-8-6-12(7-9-13)17(18,19)20/h2-9,11,21,26H,10H2,1H3. The molecule has 0 aliphatic rings. The number of nitrogens with zero attached hydrogens (tertiary/aromatic N) is 4. The first-order valence-corrected chi connectivity index (χ1v) is 7.82. The monoisotopic (exact) mass is 363 g/mol. The minimum Gasteiger partial charge on any atom is -0.394 e. The smallest absolute Gasteiger partial charge is 0.394 e. The maximum atomic E-state index is 12.7. The molecule has 0 aliphatic carbocycles. The molecule has 3 rings (SSSR count). The summed E-state index contributed by atoms with van der Waals surface area (Å²) in [6.45, 7) is 1.62. The van der Waals surface area contributed by atoms with Crippen LogP contribution in [0.4, 0.5) is 24.5 Å². The lowest BCUT2D eigenvalue weighted by Crippen LogP contribution is -2.12. The Morgan fingerprint density at radius 2 is 1.81 bits per heavy atom. The van der Waals surface area contributed by atoms with E-state index in [-0.39, 0.29) is 12.6 Å². The average Bonchev–Trinajstić information content (AvgIpc) is 3.11. The van der Waals surface area contributed by atoms with E-state index in [9.17, 15) is 18.3 Å². The molecule has 9 heteroatoms. The number of benzene rings is 2. The minimum atomic E-state index is -4.37. The lowest BCUT2D eigenvalue weighted by molar-refractivity contribution is -0.137. The lowest BCUT2D eigenvalue weighted by Gasteiger charge is -2.11. The summed E-state index contributed by atoms with van der Waals surface area (Å²) in [5.41, 5.74) is 1.06. The van der Waals surface area contributed by atoms with Gasteiger partial charge in [-0.15, -0.1) is 10.2 Å². The highest BCUT2D eigenvalue weighted by atomic mass is 19.4. The predicted octanol–water partition coefficient (Wildman–Crippen LogP) is 3.66. The summed E-state index contributed by atoms with van der Waals surface area (Å²) in [5.74, 6) is 0.348. The van der Waals surface area contributed by atoms with Gasteiger partial charge in [0.2, 0.25) is 5.82 Å². The number of tetrazole rings is 1. The predicted molar refractivity (Wildman–Crippen MR) is 89.8 cm³/mol. The van der Waals surface area contributed by atoms with Crippen LogP contribution < -0.4 is 5.32 Å². The van der Waals surface area contributed by atoms with E-state index >= 15 is 0 Å². The molecule has 2 aromatic carbocycles. The van der Waals surface area contributed by atoms with E-state index in [4.69, 9.17) is 0 Å². The Morgan fingerprint density at radius 3 is 2.46 bits per heavy atom. The van der Waals surface area contributed by atoms with Crippen LogP contribution in [0.25, 0.3) is 11.4 Å². The first kappa shape index (κ1) is 17.9. The normalized spacial score (nSPS) is 12.8. The summed E-state index contributed by atoms with van der Waals surface area (Å²) in [4.78, 5) is 1.31. The van der Waals surface area contributed by atoms with Crippen LogP contribution in [0.2, 0.25) is 0 Å². The van der Waals surface area contributed by atoms with E-state index in [1.807, 2.05) is 0 Å². The molecule has 0 bridgehead atoms. The van der Waals surface area contributed by atoms with Gasteiger partial charge in [-0.1, -0.05) is 12.1 Å². The molecular formula is C17H16F3N5O. The van der Waals surface area contributed by atoms with Crippen molar-refractivity contribution in [3.63, 3.8) is 0 Å². The highest BCUT2D eigenvalue weighted by Gasteiger charge is 2.29. The average molecular weight is 363 g/mol. The maximum absolute atomic E-state index is 12.7. The molecule has 136 valence electrons. The molecule has 1 aromatic heterocycles. The molecule has 0 radical (unpaired) electrons. The molecule has 1 heterocycles. The molecular weight excluding hydrogens is 347 g/mol. The van der Waals surface area contributed by atoms with E-state index in [2.05, 4.69) is 20.7 Å². The second-order valence-corrected chi connectivity index (χ2v) is 5.71. The number of anilines is 2. The van der Waals surface area contributed by atoms with Crippen LogP contribution in [-0.2, 0) is 6.18 Å². The van der Waals surface area contributed by atoms with Gasteiger partial charge in [-0.3, -0.25) is 0 Å². The minimum absolute atomic E-state index is 0.124. The molecule has 3 aromatic rings. The van der Waals surface area contributed by atoms with Crippen LogP contribution in [0.5, 0.6) is 0 Å². The number of rotatable bonds is 5. The molecule has 6 nitrogen and oxygen atoms in total. The first-order chi connectivity index (χ1) is 12.4. The van der Waals surface area contributed by atoms with Crippen molar-refractivity contribution in [1.29, 1.82) is 0 Å². The Balaban J connectivity index is 1.87. The highest BCUT2D eigenvalue weighted by molar-refractivity contribution is 5.77. The summed E-state index contributed by atoms with van der Waals surface area (Å²) in [6, 6.07) is 11.6. The molecule has 26 heavy (non-hydrogen) atoms. The summed E-state index contributed by atoms with van der Waals surface area (Å²) in [6.07, 6.45) is -4.37. The fourth-order valence-corrected chi connectivity index (χ4v) is 2.28. The number of aromatic nitrogens is 4. The van der Waals surface area contributed by atoms with E-state index in [1.165, 1.54) is 16.9 Å². The van der Waals surface area contributed by atoms with Crippen molar-refractivity contribution in [3.8, 4) is 11.4 Å². The number of aliphatic hydroxyl groups is 1. The largest absolute Gasteiger partial charge is 0.416 e. The van der Waals surface area contributed by atoms with Gasteiger partial charge in [-0.25, -0.2) is 0 Å². The summed E-state index contributed by atoms with van der Waals surface area (Å²) < 4.78 is 38.0. The SMILES string of the molecule is CC(CO)n1nnc(-c2ccccc2Nc2ccc(C(F)(F)F)cc2)n1. The number of para-hydroxylation sites is 1. The van der Waals surface area contributed by atoms with E-state index in [0.717, 1.165) is 12.1 Å². The van der Waals surface area contributed by atoms with Gasteiger partial charge < -0.3 is 10.4 Å². The van der Waals surface area contributed by atoms with Crippen molar-refractivity contribution in [2.45, 2.75) is 19.1 Å². The summed E-state index contributed by atoms with van der Waals surface area (Å²) in [5, 5.41) is 24.4. The molecule has 0 amide bonds. The third-order valence-corrected chi connectivity index (χ3v) is 3.75. The van der Waals surface area contributed by atoms with Crippen LogP contribution in [0.1, 0.15) is 18.5 Å². The van der Waals surface area contributed by atoms with Crippen molar-refractivity contribution >= 4 is 11.4 Å². The van der Waals surface area contributed by atoms with Gasteiger partial charge in [-0.05, 0) is 48.5 Å². The number of aliphatic hydroxyl groups excluding tert-OH is 1. The van der Waals surface area contributed by atoms with E-state index in [1.54, 1.807) is 31.2 Å². The first-order valence-electron chi connectivity index (χ1n) is 7.82. The van der Waals surface area contributed by atoms with Gasteiger partial charge in [0.25, 0.3) is 0 Å². The molecule has 0 saturated heterocycles.